The number of amides is 1. The number of para-hydroxylation sites is 1. The van der Waals surface area contributed by atoms with Crippen LogP contribution < -0.4 is 5.56 Å². The molecule has 0 atom stereocenters. The summed E-state index contributed by atoms with van der Waals surface area (Å²) in [5, 5.41) is 0.512. The van der Waals surface area contributed by atoms with Crippen LogP contribution in [-0.2, 0) is 32.5 Å². The van der Waals surface area contributed by atoms with Gasteiger partial charge in [0, 0.05) is 25.6 Å². The number of hydrogen-bond acceptors (Lipinski definition) is 6. The van der Waals surface area contributed by atoms with Crippen LogP contribution in [0.1, 0.15) is 31.7 Å². The molecule has 0 unspecified atom stereocenters. The molecule has 1 amide bonds. The number of H-pyrrole nitrogens is 1. The van der Waals surface area contributed by atoms with Gasteiger partial charge in [-0.1, -0.05) is 24.3 Å². The van der Waals surface area contributed by atoms with E-state index in [0.717, 1.165) is 5.56 Å². The monoisotopic (exact) mass is 498 g/mol. The molecule has 1 saturated heterocycles. The third-order valence-corrected chi connectivity index (χ3v) is 8.00. The lowest BCUT2D eigenvalue weighted by Gasteiger charge is -2.26. The van der Waals surface area contributed by atoms with E-state index in [2.05, 4.69) is 9.97 Å². The van der Waals surface area contributed by atoms with Crippen LogP contribution in [0.5, 0.6) is 0 Å². The smallest absolute Gasteiger partial charge is 0.258 e. The molecule has 0 bridgehead atoms. The molecular weight excluding hydrogens is 468 g/mol. The van der Waals surface area contributed by atoms with Crippen LogP contribution >= 0.6 is 0 Å². The molecular formula is C25H30N4O5S. The van der Waals surface area contributed by atoms with Crippen LogP contribution in [0.2, 0.25) is 0 Å². The summed E-state index contributed by atoms with van der Waals surface area (Å²) in [7, 11) is -3.55. The molecule has 35 heavy (non-hydrogen) atoms. The van der Waals surface area contributed by atoms with Gasteiger partial charge in [-0.3, -0.25) is 9.59 Å². The minimum Gasteiger partial charge on any atom is -0.379 e. The predicted octanol–water partition coefficient (Wildman–Crippen LogP) is 2.31. The fourth-order valence-corrected chi connectivity index (χ4v) is 5.50. The first-order chi connectivity index (χ1) is 16.8. The first-order valence-electron chi connectivity index (χ1n) is 11.7. The maximum Gasteiger partial charge on any atom is 0.258 e. The maximum atomic E-state index is 13.0. The van der Waals surface area contributed by atoms with Gasteiger partial charge in [-0.2, -0.15) is 4.31 Å². The number of aromatic amines is 1. The summed E-state index contributed by atoms with van der Waals surface area (Å²) in [5.74, 6) is 0.370. The molecule has 3 aromatic rings. The van der Waals surface area contributed by atoms with E-state index >= 15 is 0 Å². The second kappa shape index (κ2) is 10.7. The lowest BCUT2D eigenvalue weighted by molar-refractivity contribution is -0.133. The number of hydrogen-bond donors (Lipinski definition) is 1. The molecule has 0 aliphatic carbocycles. The number of benzene rings is 2. The number of carbonyl (C=O) groups is 1. The van der Waals surface area contributed by atoms with Gasteiger partial charge in [0.15, 0.2) is 0 Å². The highest BCUT2D eigenvalue weighted by molar-refractivity contribution is 7.89. The number of rotatable bonds is 8. The fourth-order valence-electron chi connectivity index (χ4n) is 4.09. The van der Waals surface area contributed by atoms with Crippen LogP contribution in [0.3, 0.4) is 0 Å². The zero-order chi connectivity index (χ0) is 25.0. The standard InChI is InChI=1S/C25H30N4O5S/c1-18(2)29(17-23-26-22-6-4-3-5-21(22)25(31)27-23)24(30)12-9-19-7-10-20(11-8-19)35(32,33)28-13-15-34-16-14-28/h3-8,10-11,18H,9,12-17H2,1-2H3,(H,26,27,31). The van der Waals surface area contributed by atoms with Crippen molar-refractivity contribution in [3.05, 3.63) is 70.3 Å². The van der Waals surface area contributed by atoms with Crippen molar-refractivity contribution >= 4 is 26.8 Å². The van der Waals surface area contributed by atoms with Crippen LogP contribution in [-0.4, -0.2) is 65.8 Å². The van der Waals surface area contributed by atoms with Gasteiger partial charge in [0.1, 0.15) is 5.82 Å². The molecule has 1 aliphatic heterocycles. The molecule has 1 fully saturated rings. The SMILES string of the molecule is CC(C)N(Cc1nc2ccccc2c(=O)[nH]1)C(=O)CCc1ccc(S(=O)(=O)N2CCOCC2)cc1. The summed E-state index contributed by atoms with van der Waals surface area (Å²) < 4.78 is 32.2. The number of carbonyl (C=O) groups excluding carboxylic acids is 1. The molecule has 10 heteroatoms. The summed E-state index contributed by atoms with van der Waals surface area (Å²) in [6.45, 7) is 5.53. The highest BCUT2D eigenvalue weighted by Gasteiger charge is 2.26. The van der Waals surface area contributed by atoms with Gasteiger partial charge in [0.2, 0.25) is 15.9 Å². The highest BCUT2D eigenvalue weighted by Crippen LogP contribution is 2.19. The van der Waals surface area contributed by atoms with E-state index in [0.29, 0.717) is 49.5 Å². The topological polar surface area (TPSA) is 113 Å². The molecule has 1 aromatic heterocycles. The number of ether oxygens (including phenoxy) is 1. The van der Waals surface area contributed by atoms with E-state index < -0.39 is 10.0 Å². The van der Waals surface area contributed by atoms with E-state index in [4.69, 9.17) is 4.74 Å². The van der Waals surface area contributed by atoms with E-state index in [1.807, 2.05) is 19.9 Å². The van der Waals surface area contributed by atoms with Crippen molar-refractivity contribution in [1.29, 1.82) is 0 Å². The number of nitrogens with one attached hydrogen (secondary N) is 1. The van der Waals surface area contributed by atoms with Gasteiger partial charge < -0.3 is 14.6 Å². The normalized spacial score (nSPS) is 14.9. The van der Waals surface area contributed by atoms with Crippen molar-refractivity contribution in [2.75, 3.05) is 26.3 Å². The Balaban J connectivity index is 1.41. The lowest BCUT2D eigenvalue weighted by Crippen LogP contribution is -2.40. The highest BCUT2D eigenvalue weighted by atomic mass is 32.2. The van der Waals surface area contributed by atoms with Crippen molar-refractivity contribution in [2.45, 2.75) is 44.2 Å². The van der Waals surface area contributed by atoms with E-state index in [-0.39, 0.29) is 35.4 Å². The molecule has 0 radical (unpaired) electrons. The Labute approximate surface area is 204 Å². The zero-order valence-corrected chi connectivity index (χ0v) is 20.8. The molecule has 0 spiro atoms. The molecule has 1 N–H and O–H groups in total. The molecule has 2 aromatic carbocycles. The van der Waals surface area contributed by atoms with Gasteiger partial charge in [-0.25, -0.2) is 13.4 Å². The Hall–Kier alpha value is -3.08. The number of fused-ring (bicyclic) bond motifs is 1. The fraction of sp³-hybridized carbons (Fsp3) is 0.400. The molecule has 9 nitrogen and oxygen atoms in total. The number of nitrogens with zero attached hydrogens (tertiary/aromatic N) is 3. The second-order valence-corrected chi connectivity index (χ2v) is 10.7. The van der Waals surface area contributed by atoms with E-state index in [1.165, 1.54) is 4.31 Å². The van der Waals surface area contributed by atoms with Crippen molar-refractivity contribution in [2.24, 2.45) is 0 Å². The number of aromatic nitrogens is 2. The summed E-state index contributed by atoms with van der Waals surface area (Å²) in [6, 6.07) is 13.7. The van der Waals surface area contributed by atoms with Gasteiger partial charge >= 0.3 is 0 Å². The largest absolute Gasteiger partial charge is 0.379 e. The maximum absolute atomic E-state index is 13.0. The Morgan fingerprint density at radius 2 is 1.80 bits per heavy atom. The first kappa shape index (κ1) is 25.0. The lowest BCUT2D eigenvalue weighted by atomic mass is 10.1. The predicted molar refractivity (Wildman–Crippen MR) is 132 cm³/mol. The van der Waals surface area contributed by atoms with Gasteiger partial charge in [0.05, 0.1) is 35.6 Å². The summed E-state index contributed by atoms with van der Waals surface area (Å²) in [4.78, 5) is 34.6. The second-order valence-electron chi connectivity index (χ2n) is 8.81. The van der Waals surface area contributed by atoms with Crippen molar-refractivity contribution in [1.82, 2.24) is 19.2 Å². The first-order valence-corrected chi connectivity index (χ1v) is 13.1. The Bertz CT molecular complexity index is 1350. The quantitative estimate of drug-likeness (QED) is 0.510. The van der Waals surface area contributed by atoms with Crippen molar-refractivity contribution < 1.29 is 17.9 Å². The van der Waals surface area contributed by atoms with E-state index in [1.54, 1.807) is 47.4 Å². The third-order valence-electron chi connectivity index (χ3n) is 6.08. The minimum atomic E-state index is -3.55. The van der Waals surface area contributed by atoms with Crippen LogP contribution in [0.15, 0.2) is 58.2 Å². The zero-order valence-electron chi connectivity index (χ0n) is 19.9. The average molecular weight is 499 g/mol. The van der Waals surface area contributed by atoms with Gasteiger partial charge in [-0.15, -0.1) is 0 Å². The average Bonchev–Trinajstić information content (AvgIpc) is 2.86. The van der Waals surface area contributed by atoms with Crippen LogP contribution in [0.4, 0.5) is 0 Å². The molecule has 186 valence electrons. The van der Waals surface area contributed by atoms with Crippen LogP contribution in [0.25, 0.3) is 10.9 Å². The Kier molecular flexibility index (Phi) is 7.63. The Morgan fingerprint density at radius 1 is 1.11 bits per heavy atom. The summed E-state index contributed by atoms with van der Waals surface area (Å²) >= 11 is 0. The molecule has 1 aliphatic rings. The third kappa shape index (κ3) is 5.77. The number of morpholine rings is 1. The van der Waals surface area contributed by atoms with E-state index in [9.17, 15) is 18.0 Å². The summed E-state index contributed by atoms with van der Waals surface area (Å²) in [6.07, 6.45) is 0.729. The molecule has 0 saturated carbocycles. The number of aryl methyl sites for hydroxylation is 1. The van der Waals surface area contributed by atoms with Crippen molar-refractivity contribution in [3.8, 4) is 0 Å². The Morgan fingerprint density at radius 3 is 2.49 bits per heavy atom. The summed E-state index contributed by atoms with van der Waals surface area (Å²) in [5.41, 5.74) is 1.24. The molecule has 2 heterocycles. The van der Waals surface area contributed by atoms with Crippen LogP contribution in [0, 0.1) is 0 Å². The molecule has 4 rings (SSSR count). The van der Waals surface area contributed by atoms with Gasteiger partial charge in [-0.05, 0) is 50.1 Å². The minimum absolute atomic E-state index is 0.0687. The van der Waals surface area contributed by atoms with Gasteiger partial charge in [0.25, 0.3) is 5.56 Å². The number of sulfonamides is 1. The van der Waals surface area contributed by atoms with Crippen molar-refractivity contribution in [3.63, 3.8) is 0 Å².